The van der Waals surface area contributed by atoms with Gasteiger partial charge in [0.05, 0.1) is 11.6 Å². The summed E-state index contributed by atoms with van der Waals surface area (Å²) in [4.78, 5) is 2.33. The number of rotatable bonds is 1. The molecular formula is C18H15Cl2N. The fourth-order valence-electron chi connectivity index (χ4n) is 2.60. The Bertz CT molecular complexity index is 713. The molecule has 2 aromatic rings. The van der Waals surface area contributed by atoms with E-state index in [9.17, 15) is 0 Å². The lowest BCUT2D eigenvalue weighted by atomic mass is 10.0. The number of hydrogen-bond acceptors (Lipinski definition) is 1. The van der Waals surface area contributed by atoms with Crippen LogP contribution in [0.15, 0.2) is 42.5 Å². The van der Waals surface area contributed by atoms with Gasteiger partial charge in [-0.1, -0.05) is 53.2 Å². The molecule has 0 spiro atoms. The van der Waals surface area contributed by atoms with Crippen LogP contribution in [0.25, 0.3) is 0 Å². The minimum absolute atomic E-state index is 0.606. The summed E-state index contributed by atoms with van der Waals surface area (Å²) in [7, 11) is 0. The summed E-state index contributed by atoms with van der Waals surface area (Å²) in [6, 6.07) is 14.0. The van der Waals surface area contributed by atoms with E-state index >= 15 is 0 Å². The summed E-state index contributed by atoms with van der Waals surface area (Å²) in [5.74, 6) is 6.36. The standard InChI is InChI=1S/C18H15Cl2N/c19-16-10-9-14(17(20)13-16)6-3-11-21-12-4-7-15-5-1-2-8-18(15)21/h1-2,5,8-10,13H,4,7,11-12H2. The van der Waals surface area contributed by atoms with E-state index in [1.54, 1.807) is 6.07 Å². The molecule has 0 aromatic heterocycles. The zero-order valence-corrected chi connectivity index (χ0v) is 13.1. The molecule has 106 valence electrons. The topological polar surface area (TPSA) is 3.24 Å². The van der Waals surface area contributed by atoms with Crippen molar-refractivity contribution in [3.63, 3.8) is 0 Å². The average molecular weight is 316 g/mol. The predicted molar refractivity (Wildman–Crippen MR) is 90.3 cm³/mol. The number of para-hydroxylation sites is 1. The first-order chi connectivity index (χ1) is 10.2. The molecule has 1 aliphatic heterocycles. The van der Waals surface area contributed by atoms with Gasteiger partial charge < -0.3 is 4.90 Å². The molecule has 0 aliphatic carbocycles. The van der Waals surface area contributed by atoms with Crippen molar-refractivity contribution in [2.45, 2.75) is 12.8 Å². The van der Waals surface area contributed by atoms with Gasteiger partial charge in [-0.25, -0.2) is 0 Å². The number of aryl methyl sites for hydroxylation is 1. The quantitative estimate of drug-likeness (QED) is 0.683. The third-order valence-corrected chi connectivity index (χ3v) is 4.18. The fraction of sp³-hybridized carbons (Fsp3) is 0.222. The van der Waals surface area contributed by atoms with E-state index in [4.69, 9.17) is 23.2 Å². The summed E-state index contributed by atoms with van der Waals surface area (Å²) < 4.78 is 0. The molecule has 1 aliphatic rings. The van der Waals surface area contributed by atoms with Gasteiger partial charge in [0.1, 0.15) is 0 Å². The molecule has 3 heteroatoms. The lowest BCUT2D eigenvalue weighted by molar-refractivity contribution is 0.726. The molecule has 0 radical (unpaired) electrons. The van der Waals surface area contributed by atoms with Gasteiger partial charge in [0, 0.05) is 22.8 Å². The molecule has 1 heterocycles. The van der Waals surface area contributed by atoms with Crippen molar-refractivity contribution in [2.75, 3.05) is 18.0 Å². The highest BCUT2D eigenvalue weighted by Gasteiger charge is 2.14. The van der Waals surface area contributed by atoms with Gasteiger partial charge in [-0.15, -0.1) is 0 Å². The van der Waals surface area contributed by atoms with E-state index in [0.29, 0.717) is 10.0 Å². The highest BCUT2D eigenvalue weighted by atomic mass is 35.5. The molecule has 21 heavy (non-hydrogen) atoms. The van der Waals surface area contributed by atoms with Crippen LogP contribution in [-0.2, 0) is 6.42 Å². The summed E-state index contributed by atoms with van der Waals surface area (Å²) in [5, 5.41) is 1.24. The smallest absolute Gasteiger partial charge is 0.0798 e. The molecule has 0 bridgehead atoms. The van der Waals surface area contributed by atoms with Gasteiger partial charge in [0.2, 0.25) is 0 Å². The predicted octanol–water partition coefficient (Wildman–Crippen LogP) is 4.80. The maximum absolute atomic E-state index is 6.13. The molecule has 0 amide bonds. The number of fused-ring (bicyclic) bond motifs is 1. The lowest BCUT2D eigenvalue weighted by Crippen LogP contribution is -2.29. The van der Waals surface area contributed by atoms with E-state index in [0.717, 1.165) is 25.1 Å². The van der Waals surface area contributed by atoms with E-state index in [-0.39, 0.29) is 0 Å². The Morgan fingerprint density at radius 1 is 1.10 bits per heavy atom. The van der Waals surface area contributed by atoms with Crippen molar-refractivity contribution >= 4 is 28.9 Å². The van der Waals surface area contributed by atoms with Crippen molar-refractivity contribution in [3.8, 4) is 11.8 Å². The maximum Gasteiger partial charge on any atom is 0.0798 e. The van der Waals surface area contributed by atoms with Crippen LogP contribution < -0.4 is 4.90 Å². The van der Waals surface area contributed by atoms with Crippen molar-refractivity contribution in [1.29, 1.82) is 0 Å². The number of anilines is 1. The molecule has 1 nitrogen and oxygen atoms in total. The van der Waals surface area contributed by atoms with Crippen LogP contribution in [0.1, 0.15) is 17.5 Å². The van der Waals surface area contributed by atoms with Crippen LogP contribution in [0.2, 0.25) is 10.0 Å². The number of hydrogen-bond donors (Lipinski definition) is 0. The van der Waals surface area contributed by atoms with Crippen molar-refractivity contribution < 1.29 is 0 Å². The van der Waals surface area contributed by atoms with Crippen LogP contribution in [0.3, 0.4) is 0 Å². The monoisotopic (exact) mass is 315 g/mol. The van der Waals surface area contributed by atoms with E-state index in [1.165, 1.54) is 17.7 Å². The Morgan fingerprint density at radius 2 is 1.95 bits per heavy atom. The van der Waals surface area contributed by atoms with Crippen LogP contribution in [0.5, 0.6) is 0 Å². The molecule has 0 unspecified atom stereocenters. The van der Waals surface area contributed by atoms with Gasteiger partial charge in [-0.2, -0.15) is 0 Å². The van der Waals surface area contributed by atoms with Crippen molar-refractivity contribution in [2.24, 2.45) is 0 Å². The van der Waals surface area contributed by atoms with Crippen molar-refractivity contribution in [3.05, 3.63) is 63.6 Å². The minimum atomic E-state index is 0.606. The Hall–Kier alpha value is -1.62. The molecule has 0 N–H and O–H groups in total. The first kappa shape index (κ1) is 14.3. The van der Waals surface area contributed by atoms with Crippen LogP contribution in [0.4, 0.5) is 5.69 Å². The Kier molecular flexibility index (Phi) is 4.39. The normalized spacial score (nSPS) is 13.3. The SMILES string of the molecule is Clc1ccc(C#CCN2CCCc3ccccc32)c(Cl)c1. The van der Waals surface area contributed by atoms with Crippen LogP contribution in [-0.4, -0.2) is 13.1 Å². The second-order valence-corrected chi connectivity index (χ2v) is 5.92. The van der Waals surface area contributed by atoms with Crippen molar-refractivity contribution in [1.82, 2.24) is 0 Å². The lowest BCUT2D eigenvalue weighted by Gasteiger charge is -2.29. The third-order valence-electron chi connectivity index (χ3n) is 3.63. The molecule has 3 rings (SSSR count). The number of nitrogens with zero attached hydrogens (tertiary/aromatic N) is 1. The van der Waals surface area contributed by atoms with Gasteiger partial charge in [0.15, 0.2) is 0 Å². The van der Waals surface area contributed by atoms with Gasteiger partial charge >= 0.3 is 0 Å². The zero-order chi connectivity index (χ0) is 14.7. The molecule has 0 atom stereocenters. The first-order valence-electron chi connectivity index (χ1n) is 7.01. The van der Waals surface area contributed by atoms with Crippen LogP contribution >= 0.6 is 23.2 Å². The second kappa shape index (κ2) is 6.43. The number of halogens is 2. The highest BCUT2D eigenvalue weighted by molar-refractivity contribution is 6.35. The van der Waals surface area contributed by atoms with E-state index < -0.39 is 0 Å². The molecular weight excluding hydrogens is 301 g/mol. The summed E-state index contributed by atoms with van der Waals surface area (Å²) >= 11 is 12.0. The first-order valence-corrected chi connectivity index (χ1v) is 7.76. The van der Waals surface area contributed by atoms with Gasteiger partial charge in [-0.3, -0.25) is 0 Å². The molecule has 0 saturated carbocycles. The van der Waals surface area contributed by atoms with Crippen LogP contribution in [0, 0.1) is 11.8 Å². The summed E-state index contributed by atoms with van der Waals surface area (Å²) in [5.41, 5.74) is 3.54. The molecule has 0 saturated heterocycles. The average Bonchev–Trinajstić information content (AvgIpc) is 2.50. The van der Waals surface area contributed by atoms with E-state index in [2.05, 4.69) is 41.0 Å². The Balaban J connectivity index is 1.76. The molecule has 2 aromatic carbocycles. The minimum Gasteiger partial charge on any atom is -0.360 e. The summed E-state index contributed by atoms with van der Waals surface area (Å²) in [6.07, 6.45) is 2.34. The van der Waals surface area contributed by atoms with E-state index in [1.807, 2.05) is 12.1 Å². The Labute approximate surface area is 135 Å². The summed E-state index contributed by atoms with van der Waals surface area (Å²) in [6.45, 7) is 1.77. The largest absolute Gasteiger partial charge is 0.360 e. The fourth-order valence-corrected chi connectivity index (χ4v) is 3.05. The highest BCUT2D eigenvalue weighted by Crippen LogP contribution is 2.26. The third kappa shape index (κ3) is 3.35. The van der Waals surface area contributed by atoms with Gasteiger partial charge in [-0.05, 0) is 42.7 Å². The second-order valence-electron chi connectivity index (χ2n) is 5.08. The van der Waals surface area contributed by atoms with Gasteiger partial charge in [0.25, 0.3) is 0 Å². The molecule has 0 fully saturated rings. The Morgan fingerprint density at radius 3 is 2.81 bits per heavy atom. The number of benzene rings is 2. The zero-order valence-electron chi connectivity index (χ0n) is 11.6. The maximum atomic E-state index is 6.13.